The first kappa shape index (κ1) is 14.2. The minimum Gasteiger partial charge on any atom is -0.324 e. The fourth-order valence-corrected chi connectivity index (χ4v) is 2.40. The van der Waals surface area contributed by atoms with E-state index in [9.17, 15) is 14.0 Å². The van der Waals surface area contributed by atoms with Gasteiger partial charge in [0.15, 0.2) is 0 Å². The Bertz CT molecular complexity index is 946. The number of benzene rings is 2. The van der Waals surface area contributed by atoms with Crippen LogP contribution in [0.25, 0.3) is 11.0 Å². The van der Waals surface area contributed by atoms with Crippen LogP contribution in [0, 0.1) is 5.82 Å². The van der Waals surface area contributed by atoms with Crippen LogP contribution in [0.3, 0.4) is 0 Å². The van der Waals surface area contributed by atoms with Crippen molar-refractivity contribution in [1.82, 2.24) is 9.97 Å². The highest BCUT2D eigenvalue weighted by molar-refractivity contribution is 5.74. The topological polar surface area (TPSA) is 91.7 Å². The van der Waals surface area contributed by atoms with Crippen LogP contribution in [0.4, 0.5) is 4.39 Å². The molecule has 0 spiro atoms. The number of hydrogen-bond acceptors (Lipinski definition) is 3. The van der Waals surface area contributed by atoms with Gasteiger partial charge in [-0.1, -0.05) is 18.2 Å². The van der Waals surface area contributed by atoms with Crippen molar-refractivity contribution < 1.29 is 4.39 Å². The van der Waals surface area contributed by atoms with Gasteiger partial charge >= 0.3 is 11.1 Å². The molecule has 6 heteroatoms. The minimum absolute atomic E-state index is 0.301. The predicted molar refractivity (Wildman–Crippen MR) is 82.2 cm³/mol. The van der Waals surface area contributed by atoms with Gasteiger partial charge in [0.05, 0.1) is 11.0 Å². The van der Waals surface area contributed by atoms with E-state index in [0.717, 1.165) is 11.1 Å². The Morgan fingerprint density at radius 3 is 2.45 bits per heavy atom. The van der Waals surface area contributed by atoms with Gasteiger partial charge in [-0.15, -0.1) is 0 Å². The highest BCUT2D eigenvalue weighted by Crippen LogP contribution is 2.19. The van der Waals surface area contributed by atoms with Gasteiger partial charge in [-0.25, -0.2) is 4.39 Å². The molecule has 1 heterocycles. The van der Waals surface area contributed by atoms with Gasteiger partial charge in [0, 0.05) is 6.04 Å². The second-order valence-electron chi connectivity index (χ2n) is 5.15. The number of nitrogens with one attached hydrogen (secondary N) is 2. The maximum absolute atomic E-state index is 13.2. The first-order valence-electron chi connectivity index (χ1n) is 6.79. The fraction of sp³-hybridized carbons (Fsp3) is 0.125. The van der Waals surface area contributed by atoms with Crippen LogP contribution in [0.2, 0.25) is 0 Å². The highest BCUT2D eigenvalue weighted by atomic mass is 19.1. The van der Waals surface area contributed by atoms with Crippen molar-refractivity contribution in [3.05, 3.63) is 80.1 Å². The second kappa shape index (κ2) is 5.57. The Morgan fingerprint density at radius 2 is 1.73 bits per heavy atom. The van der Waals surface area contributed by atoms with E-state index in [1.807, 2.05) is 6.07 Å². The van der Waals surface area contributed by atoms with Crippen molar-refractivity contribution in [2.24, 2.45) is 5.73 Å². The molecule has 3 aromatic rings. The lowest BCUT2D eigenvalue weighted by Crippen LogP contribution is -2.29. The van der Waals surface area contributed by atoms with Crippen LogP contribution in [-0.2, 0) is 6.42 Å². The molecule has 2 aromatic carbocycles. The zero-order valence-corrected chi connectivity index (χ0v) is 11.6. The molecule has 0 fully saturated rings. The number of H-pyrrole nitrogens is 2. The van der Waals surface area contributed by atoms with E-state index in [1.165, 1.54) is 12.1 Å². The van der Waals surface area contributed by atoms with Crippen molar-refractivity contribution in [3.8, 4) is 0 Å². The summed E-state index contributed by atoms with van der Waals surface area (Å²) in [5, 5.41) is 0. The molecule has 1 atom stereocenters. The first-order valence-corrected chi connectivity index (χ1v) is 6.79. The molecule has 1 aromatic heterocycles. The van der Waals surface area contributed by atoms with Crippen molar-refractivity contribution >= 4 is 11.0 Å². The van der Waals surface area contributed by atoms with Gasteiger partial charge in [-0.3, -0.25) is 9.59 Å². The Labute approximate surface area is 124 Å². The molecule has 112 valence electrons. The fourth-order valence-electron chi connectivity index (χ4n) is 2.40. The summed E-state index contributed by atoms with van der Waals surface area (Å²) >= 11 is 0. The third kappa shape index (κ3) is 2.82. The summed E-state index contributed by atoms with van der Waals surface area (Å²) in [5.41, 5.74) is 7.38. The van der Waals surface area contributed by atoms with E-state index in [0.29, 0.717) is 17.5 Å². The van der Waals surface area contributed by atoms with E-state index >= 15 is 0 Å². The Hall–Kier alpha value is -2.73. The van der Waals surface area contributed by atoms with E-state index in [-0.39, 0.29) is 11.9 Å². The largest absolute Gasteiger partial charge is 0.324 e. The zero-order valence-electron chi connectivity index (χ0n) is 11.6. The summed E-state index contributed by atoms with van der Waals surface area (Å²) in [6.07, 6.45) is 0.469. The van der Waals surface area contributed by atoms with E-state index in [1.54, 1.807) is 24.3 Å². The average Bonchev–Trinajstić information content (AvgIpc) is 2.48. The quantitative estimate of drug-likeness (QED) is 0.641. The molecule has 0 saturated heterocycles. The SMILES string of the molecule is NC(Cc1cccc(F)c1)c1ccc2[nH]c(=O)c(=O)[nH]c2c1. The average molecular weight is 299 g/mol. The Balaban J connectivity index is 1.94. The zero-order chi connectivity index (χ0) is 15.7. The number of nitrogens with two attached hydrogens (primary N) is 1. The standard InChI is InChI=1S/C16H14FN3O2/c17-11-3-1-2-9(6-11)7-12(18)10-4-5-13-14(8-10)20-16(22)15(21)19-13/h1-6,8,12H,7,18H2,(H,19,21)(H,20,22). The molecule has 3 rings (SSSR count). The number of aromatic amines is 2. The maximum Gasteiger partial charge on any atom is 0.314 e. The molecule has 0 aliphatic carbocycles. The van der Waals surface area contributed by atoms with Gasteiger partial charge in [-0.05, 0) is 41.8 Å². The van der Waals surface area contributed by atoms with E-state index in [2.05, 4.69) is 9.97 Å². The molecule has 1 unspecified atom stereocenters. The summed E-state index contributed by atoms with van der Waals surface area (Å²) in [5.74, 6) is -0.301. The molecule has 0 aliphatic rings. The molecule has 0 amide bonds. The molecular weight excluding hydrogens is 285 g/mol. The third-order valence-corrected chi connectivity index (χ3v) is 3.52. The molecule has 0 aliphatic heterocycles. The number of hydrogen-bond donors (Lipinski definition) is 3. The highest BCUT2D eigenvalue weighted by Gasteiger charge is 2.09. The lowest BCUT2D eigenvalue weighted by atomic mass is 9.99. The van der Waals surface area contributed by atoms with Crippen LogP contribution in [0.5, 0.6) is 0 Å². The number of rotatable bonds is 3. The smallest absolute Gasteiger partial charge is 0.314 e. The van der Waals surface area contributed by atoms with Crippen LogP contribution in [0.15, 0.2) is 52.1 Å². The Morgan fingerprint density at radius 1 is 1.00 bits per heavy atom. The van der Waals surface area contributed by atoms with Gasteiger partial charge in [-0.2, -0.15) is 0 Å². The predicted octanol–water partition coefficient (Wildman–Crippen LogP) is 1.60. The van der Waals surface area contributed by atoms with Gasteiger partial charge < -0.3 is 15.7 Å². The van der Waals surface area contributed by atoms with E-state index in [4.69, 9.17) is 5.73 Å². The first-order chi connectivity index (χ1) is 10.5. The monoisotopic (exact) mass is 299 g/mol. The summed E-state index contributed by atoms with van der Waals surface area (Å²) in [6, 6.07) is 11.1. The summed E-state index contributed by atoms with van der Waals surface area (Å²) in [4.78, 5) is 27.6. The van der Waals surface area contributed by atoms with Crippen molar-refractivity contribution in [1.29, 1.82) is 0 Å². The second-order valence-corrected chi connectivity index (χ2v) is 5.15. The summed E-state index contributed by atoms with van der Waals surface area (Å²) < 4.78 is 13.2. The van der Waals surface area contributed by atoms with Gasteiger partial charge in [0.25, 0.3) is 0 Å². The molecule has 5 nitrogen and oxygen atoms in total. The number of halogens is 1. The third-order valence-electron chi connectivity index (χ3n) is 3.52. The summed E-state index contributed by atoms with van der Waals surface area (Å²) in [7, 11) is 0. The Kier molecular flexibility index (Phi) is 3.60. The molecule has 0 bridgehead atoms. The maximum atomic E-state index is 13.2. The van der Waals surface area contributed by atoms with E-state index < -0.39 is 11.1 Å². The van der Waals surface area contributed by atoms with Crippen LogP contribution in [-0.4, -0.2) is 9.97 Å². The minimum atomic E-state index is -0.705. The molecule has 0 radical (unpaired) electrons. The van der Waals surface area contributed by atoms with Crippen LogP contribution in [0.1, 0.15) is 17.2 Å². The molecule has 0 saturated carbocycles. The molecule has 22 heavy (non-hydrogen) atoms. The number of fused-ring (bicyclic) bond motifs is 1. The lowest BCUT2D eigenvalue weighted by molar-refractivity contribution is 0.622. The van der Waals surface area contributed by atoms with Crippen LogP contribution >= 0.6 is 0 Å². The van der Waals surface area contributed by atoms with Crippen molar-refractivity contribution in [2.75, 3.05) is 0 Å². The number of aromatic nitrogens is 2. The normalized spacial score (nSPS) is 12.5. The van der Waals surface area contributed by atoms with Crippen LogP contribution < -0.4 is 16.9 Å². The molecular formula is C16H14FN3O2. The van der Waals surface area contributed by atoms with Gasteiger partial charge in [0.2, 0.25) is 0 Å². The lowest BCUT2D eigenvalue weighted by Gasteiger charge is -2.13. The summed E-state index contributed by atoms with van der Waals surface area (Å²) in [6.45, 7) is 0. The van der Waals surface area contributed by atoms with Crippen molar-refractivity contribution in [3.63, 3.8) is 0 Å². The van der Waals surface area contributed by atoms with Gasteiger partial charge in [0.1, 0.15) is 5.82 Å². The molecule has 4 N–H and O–H groups in total. The van der Waals surface area contributed by atoms with Crippen molar-refractivity contribution in [2.45, 2.75) is 12.5 Å².